The minimum Gasteiger partial charge on any atom is -0.456 e. The van der Waals surface area contributed by atoms with Crippen molar-refractivity contribution >= 4 is 174 Å². The van der Waals surface area contributed by atoms with E-state index in [4.69, 9.17) is 29.7 Å². The van der Waals surface area contributed by atoms with Crippen molar-refractivity contribution in [3.05, 3.63) is 485 Å². The molecule has 0 saturated carbocycles. The lowest BCUT2D eigenvalue weighted by Gasteiger charge is -2.20. The second-order valence-electron chi connectivity index (χ2n) is 33.1. The first-order chi connectivity index (χ1) is 76.0. The van der Waals surface area contributed by atoms with E-state index in [0.29, 0.717) is 111 Å². The zero-order valence-electron chi connectivity index (χ0n) is 94.6. The summed E-state index contributed by atoms with van der Waals surface area (Å²) in [6, 6.07) is 99.4. The molecule has 0 unspecified atom stereocenters. The molecule has 0 fully saturated rings. The molecule has 618 valence electrons. The topological polar surface area (TPSA) is 39.4 Å². The first-order valence-electron chi connectivity index (χ1n) is 55.8. The molecule has 28 rings (SSSR count). The first kappa shape index (κ1) is 56.0. The molecule has 0 aliphatic heterocycles. The van der Waals surface area contributed by atoms with Crippen LogP contribution in [0.15, 0.2) is 498 Å². The smallest absolute Gasteiger partial charge is 0.136 e. The van der Waals surface area contributed by atoms with E-state index in [0.717, 1.165) is 92.6 Å². The van der Waals surface area contributed by atoms with Crippen LogP contribution in [0.25, 0.3) is 274 Å². The fourth-order valence-corrected chi connectivity index (χ4v) is 20.0. The Balaban J connectivity index is 0.000000118. The largest absolute Gasteiger partial charge is 0.456 e. The summed E-state index contributed by atoms with van der Waals surface area (Å²) >= 11 is 0. The molecular formula is C130H80O3. The van der Waals surface area contributed by atoms with Crippen molar-refractivity contribution in [3.63, 3.8) is 0 Å². The summed E-state index contributed by atoms with van der Waals surface area (Å²) in [5.41, 5.74) is 13.9. The number of hydrogen-bond donors (Lipinski definition) is 0. The second-order valence-corrected chi connectivity index (χ2v) is 33.1. The Labute approximate surface area is 800 Å². The van der Waals surface area contributed by atoms with Crippen LogP contribution in [0.4, 0.5) is 0 Å². The number of fused-ring (bicyclic) bond motifs is 19. The van der Waals surface area contributed by atoms with Gasteiger partial charge in [-0.15, -0.1) is 0 Å². The Kier molecular flexibility index (Phi) is 13.4. The van der Waals surface area contributed by atoms with Crippen LogP contribution in [0.2, 0.25) is 0 Å². The van der Waals surface area contributed by atoms with E-state index >= 15 is 0 Å². The van der Waals surface area contributed by atoms with Crippen molar-refractivity contribution in [1.82, 2.24) is 0 Å². The van der Waals surface area contributed by atoms with Gasteiger partial charge in [-0.25, -0.2) is 0 Å². The molecule has 0 bridgehead atoms. The summed E-state index contributed by atoms with van der Waals surface area (Å²) in [6.45, 7) is 0. The Bertz CT molecular complexity index is 10900. The number of benzene rings is 25. The predicted molar refractivity (Wildman–Crippen MR) is 565 cm³/mol. The molecule has 0 N–H and O–H groups in total. The minimum atomic E-state index is -0.445. The summed E-state index contributed by atoms with van der Waals surface area (Å²) in [6.07, 6.45) is 0. The Morgan fingerprint density at radius 2 is 0.361 bits per heavy atom. The highest BCUT2D eigenvalue weighted by atomic mass is 16.3. The van der Waals surface area contributed by atoms with Gasteiger partial charge >= 0.3 is 0 Å². The van der Waals surface area contributed by atoms with Crippen molar-refractivity contribution in [2.45, 2.75) is 0 Å². The van der Waals surface area contributed by atoms with E-state index in [1.54, 1.807) is 18.2 Å². The van der Waals surface area contributed by atoms with Gasteiger partial charge in [0.25, 0.3) is 0 Å². The molecule has 3 heterocycles. The maximum atomic E-state index is 9.53. The molecule has 28 aromatic rings. The second kappa shape index (κ2) is 31.8. The maximum Gasteiger partial charge on any atom is 0.136 e. The Hall–Kier alpha value is -17.5. The summed E-state index contributed by atoms with van der Waals surface area (Å²) in [7, 11) is 0. The van der Waals surface area contributed by atoms with E-state index < -0.39 is 72.5 Å². The number of furan rings is 3. The zero-order chi connectivity index (χ0) is 108. The molecule has 0 aliphatic rings. The Morgan fingerprint density at radius 1 is 0.135 bits per heavy atom. The van der Waals surface area contributed by atoms with Gasteiger partial charge in [-0.2, -0.15) is 0 Å². The fraction of sp³-hybridized carbons (Fsp3) is 0. The third kappa shape index (κ3) is 12.9. The normalized spacial score (nSPS) is 14.3. The van der Waals surface area contributed by atoms with E-state index in [1.165, 1.54) is 0 Å². The predicted octanol–water partition coefficient (Wildman–Crippen LogP) is 37.3. The van der Waals surface area contributed by atoms with Crippen LogP contribution >= 0.6 is 0 Å². The number of rotatable bonds is 9. The SMILES string of the molecule is [2H]c1c([2H])c([2H])c2c(-c3cccc4oc5cc6ccccc6cc5c34)c3c([2H])c([2H])c([2H])c([2H])c3c(-c3ccc4ccccc4c3)c2c1[2H].[2H]c1c([2H])c([2H])c2c(-c3cccc4oc5cc6ccccc6cc5c34)c3c([2H])c([2H])c([2H])c([2H])c3c(-c3ccccc3-c3ccc(-c4ccccc4)cc3)c2c1[2H].[2H]c1c([2H])c([2H])c2c(-c3cccc4oc5cc6ccccc6cc5c34)c3c([2H])c([2H])c([2H])c([2H])c3c(-c3ccccc3-c3ccccc3)c2c1[2H]. The summed E-state index contributed by atoms with van der Waals surface area (Å²) in [5.74, 6) is 0. The van der Waals surface area contributed by atoms with E-state index in [2.05, 4.69) is 0 Å². The lowest BCUT2D eigenvalue weighted by Crippen LogP contribution is -1.93. The average molecular weight is 1710 g/mol. The van der Waals surface area contributed by atoms with Crippen LogP contribution in [0.1, 0.15) is 32.9 Å². The van der Waals surface area contributed by atoms with Crippen LogP contribution in [-0.4, -0.2) is 0 Å². The lowest BCUT2D eigenvalue weighted by atomic mass is 9.83. The average Bonchev–Trinajstić information content (AvgIpc) is 1.68. The fourth-order valence-electron chi connectivity index (χ4n) is 20.0. The standard InChI is InChI=1S/C48H30O.C42H26O.C40H24O/c1-2-13-31(14-3-1)32-25-27-33(28-26-32)36-17-6-7-18-37(36)46-38-19-8-10-21-40(38)47(41-22-11-9-20-39(41)46)42-23-12-24-44-48(42)43-29-34-15-4-5-16-35(34)30-45(43)49-44;1-2-13-27(14-3-1)30-17-6-7-18-31(30)40-32-19-8-10-21-34(32)41(35-22-11-9-20-33(35)40)36-23-12-24-38-42(36)37-25-28-15-4-5-16-29(28)26-39(37)43-38;1-2-11-26-22-29(21-20-25(26)10-1)38-30-14-5-7-16-32(30)39(33-17-8-6-15-31(33)38)34-18-9-19-36-40(34)35-23-27-12-3-4-13-28(27)24-37(35)41-36/h1-30H;1-26H;1-24H/i2*8D,9D,10D,11D,19D,20D,21D,22D;5D,6D,7D,8D,14D,15D,16D,17D. The molecule has 0 aliphatic carbocycles. The highest BCUT2D eigenvalue weighted by Crippen LogP contribution is 2.54. The van der Waals surface area contributed by atoms with E-state index in [-0.39, 0.29) is 143 Å². The van der Waals surface area contributed by atoms with Crippen LogP contribution < -0.4 is 0 Å². The lowest BCUT2D eigenvalue weighted by molar-refractivity contribution is 0.669. The summed E-state index contributed by atoms with van der Waals surface area (Å²) in [4.78, 5) is 0. The molecule has 0 amide bonds. The van der Waals surface area contributed by atoms with Gasteiger partial charge in [-0.1, -0.05) is 424 Å². The van der Waals surface area contributed by atoms with Gasteiger partial charge in [-0.05, 0) is 269 Å². The van der Waals surface area contributed by atoms with Gasteiger partial charge in [-0.3, -0.25) is 0 Å². The zero-order valence-corrected chi connectivity index (χ0v) is 70.6. The van der Waals surface area contributed by atoms with Gasteiger partial charge in [0.2, 0.25) is 0 Å². The molecule has 0 atom stereocenters. The molecule has 25 aromatic carbocycles. The van der Waals surface area contributed by atoms with Gasteiger partial charge in [0.05, 0.1) is 32.9 Å². The van der Waals surface area contributed by atoms with E-state index in [1.807, 2.05) is 322 Å². The van der Waals surface area contributed by atoms with Gasteiger partial charge in [0.15, 0.2) is 0 Å². The summed E-state index contributed by atoms with van der Waals surface area (Å²) in [5, 5.41) is 14.2. The van der Waals surface area contributed by atoms with Crippen molar-refractivity contribution in [2.24, 2.45) is 0 Å². The Morgan fingerprint density at radius 3 is 0.692 bits per heavy atom. The van der Waals surface area contributed by atoms with Crippen LogP contribution in [0, 0.1) is 0 Å². The van der Waals surface area contributed by atoms with E-state index in [9.17, 15) is 16.4 Å². The van der Waals surface area contributed by atoms with Crippen molar-refractivity contribution in [2.75, 3.05) is 0 Å². The minimum absolute atomic E-state index is 0.158. The number of hydrogen-bond acceptors (Lipinski definition) is 3. The molecule has 3 nitrogen and oxygen atoms in total. The van der Waals surface area contributed by atoms with Crippen LogP contribution in [-0.2, 0) is 0 Å². The molecule has 0 radical (unpaired) electrons. The monoisotopic (exact) mass is 1710 g/mol. The molecule has 0 spiro atoms. The third-order valence-corrected chi connectivity index (χ3v) is 25.8. The van der Waals surface area contributed by atoms with Crippen molar-refractivity contribution < 1.29 is 46.1 Å². The molecule has 3 heteroatoms. The van der Waals surface area contributed by atoms with Crippen LogP contribution in [0.5, 0.6) is 0 Å². The van der Waals surface area contributed by atoms with Crippen molar-refractivity contribution in [1.29, 1.82) is 0 Å². The van der Waals surface area contributed by atoms with Gasteiger partial charge in [0, 0.05) is 32.3 Å². The first-order valence-corrected chi connectivity index (χ1v) is 43.8. The quantitative estimate of drug-likeness (QED) is 0.135. The van der Waals surface area contributed by atoms with Crippen molar-refractivity contribution in [3.8, 4) is 100 Å². The van der Waals surface area contributed by atoms with Crippen LogP contribution in [0.3, 0.4) is 0 Å². The third-order valence-electron chi connectivity index (χ3n) is 25.8. The highest BCUT2D eigenvalue weighted by molar-refractivity contribution is 6.31. The molecule has 133 heavy (non-hydrogen) atoms. The maximum absolute atomic E-state index is 9.53. The molecule has 0 saturated heterocycles. The molecular weight excluding hydrogens is 1610 g/mol. The van der Waals surface area contributed by atoms with Gasteiger partial charge < -0.3 is 13.3 Å². The highest BCUT2D eigenvalue weighted by Gasteiger charge is 2.27. The summed E-state index contributed by atoms with van der Waals surface area (Å²) < 4.78 is 238. The van der Waals surface area contributed by atoms with Gasteiger partial charge in [0.1, 0.15) is 33.5 Å². The molecule has 3 aromatic heterocycles.